The Morgan fingerprint density at radius 1 is 1.12 bits per heavy atom. The summed E-state index contributed by atoms with van der Waals surface area (Å²) in [7, 11) is 3.64. The van der Waals surface area contributed by atoms with Crippen LogP contribution in [0.15, 0.2) is 30.3 Å². The third kappa shape index (κ3) is 3.85. The van der Waals surface area contributed by atoms with E-state index in [1.165, 1.54) is 13.2 Å². The van der Waals surface area contributed by atoms with Crippen molar-refractivity contribution in [2.24, 2.45) is 0 Å². The molecule has 1 fully saturated rings. The number of halogens is 1. The highest BCUT2D eigenvalue weighted by Gasteiger charge is 2.45. The van der Waals surface area contributed by atoms with E-state index in [2.05, 4.69) is 34.4 Å². The molecule has 6 nitrogen and oxygen atoms in total. The molecule has 4 rings (SSSR count). The van der Waals surface area contributed by atoms with Crippen molar-refractivity contribution in [3.63, 3.8) is 0 Å². The van der Waals surface area contributed by atoms with Crippen LogP contribution in [0, 0.1) is 17.7 Å². The molecule has 1 saturated heterocycles. The van der Waals surface area contributed by atoms with Gasteiger partial charge in [-0.05, 0) is 50.2 Å². The fourth-order valence-corrected chi connectivity index (χ4v) is 4.93. The monoisotopic (exact) mass is 437 g/mol. The second-order valence-electron chi connectivity index (χ2n) is 8.49. The van der Waals surface area contributed by atoms with Crippen LogP contribution in [-0.4, -0.2) is 66.5 Å². The zero-order valence-electron chi connectivity index (χ0n) is 18.8. The van der Waals surface area contributed by atoms with Crippen molar-refractivity contribution in [3.8, 4) is 11.8 Å². The van der Waals surface area contributed by atoms with Gasteiger partial charge in [-0.2, -0.15) is 0 Å². The van der Waals surface area contributed by atoms with E-state index in [0.717, 1.165) is 37.3 Å². The number of carbonyl (C=O) groups is 2. The predicted octanol–water partition coefficient (Wildman–Crippen LogP) is 2.90. The fraction of sp³-hybridized carbons (Fsp3) is 0.440. The van der Waals surface area contributed by atoms with Gasteiger partial charge in [0.1, 0.15) is 12.4 Å². The lowest BCUT2D eigenvalue weighted by Gasteiger charge is -2.50. The third-order valence-corrected chi connectivity index (χ3v) is 6.74. The van der Waals surface area contributed by atoms with Crippen molar-refractivity contribution in [1.29, 1.82) is 0 Å². The quantitative estimate of drug-likeness (QED) is 0.547. The molecule has 0 unspecified atom stereocenters. The van der Waals surface area contributed by atoms with Crippen LogP contribution in [0.2, 0.25) is 0 Å². The average Bonchev–Trinajstić information content (AvgIpc) is 3.23. The molecule has 1 aromatic heterocycles. The molecular weight excluding hydrogens is 409 g/mol. The van der Waals surface area contributed by atoms with Crippen molar-refractivity contribution in [3.05, 3.63) is 58.7 Å². The molecule has 2 aliphatic rings. The molecule has 1 aromatic carbocycles. The number of likely N-dealkylation sites (tertiary alicyclic amines) is 1. The summed E-state index contributed by atoms with van der Waals surface area (Å²) in [6.07, 6.45) is 1.53. The van der Waals surface area contributed by atoms with Gasteiger partial charge >= 0.3 is 0 Å². The molecule has 0 radical (unpaired) electrons. The first-order valence-electron chi connectivity index (χ1n) is 10.9. The van der Waals surface area contributed by atoms with Gasteiger partial charge in [0.2, 0.25) is 0 Å². The Kier molecular flexibility index (Phi) is 6.18. The molecule has 0 saturated carbocycles. The number of fused-ring (bicyclic) bond motifs is 2. The minimum absolute atomic E-state index is 0.0703. The largest absolute Gasteiger partial charge is 0.372 e. The highest BCUT2D eigenvalue weighted by Crippen LogP contribution is 2.41. The Morgan fingerprint density at radius 3 is 2.53 bits per heavy atom. The average molecular weight is 438 g/mol. The molecule has 0 bridgehead atoms. The Morgan fingerprint density at radius 2 is 1.88 bits per heavy atom. The molecule has 0 N–H and O–H groups in total. The van der Waals surface area contributed by atoms with Gasteiger partial charge in [0.25, 0.3) is 5.91 Å². The number of ether oxygens (including phenoxy) is 1. The van der Waals surface area contributed by atoms with Gasteiger partial charge in [-0.1, -0.05) is 11.8 Å². The van der Waals surface area contributed by atoms with Crippen LogP contribution in [0.25, 0.3) is 0 Å². The van der Waals surface area contributed by atoms with Crippen LogP contribution in [0.3, 0.4) is 0 Å². The lowest BCUT2D eigenvalue weighted by atomic mass is 9.81. The summed E-state index contributed by atoms with van der Waals surface area (Å²) in [6, 6.07) is 8.41. The summed E-state index contributed by atoms with van der Waals surface area (Å²) in [5.74, 6) is 4.83. The van der Waals surface area contributed by atoms with Crippen LogP contribution in [0.5, 0.6) is 0 Å². The first-order valence-corrected chi connectivity index (χ1v) is 10.9. The van der Waals surface area contributed by atoms with Gasteiger partial charge in [-0.3, -0.25) is 14.5 Å². The maximum atomic E-state index is 14.4. The van der Waals surface area contributed by atoms with Crippen molar-refractivity contribution in [2.45, 2.75) is 31.8 Å². The van der Waals surface area contributed by atoms with Gasteiger partial charge in [0, 0.05) is 51.5 Å². The molecule has 2 aromatic rings. The van der Waals surface area contributed by atoms with E-state index in [9.17, 15) is 14.0 Å². The van der Waals surface area contributed by atoms with E-state index in [1.807, 2.05) is 6.07 Å². The van der Waals surface area contributed by atoms with Crippen LogP contribution < -0.4 is 0 Å². The summed E-state index contributed by atoms with van der Waals surface area (Å²) in [4.78, 5) is 29.2. The van der Waals surface area contributed by atoms with Crippen LogP contribution >= 0.6 is 0 Å². The number of Topliss-reactive ketones (excluding diaryl/α,β-unsaturated/α-hetero) is 1. The third-order valence-electron chi connectivity index (χ3n) is 6.74. The number of ketones is 1. The number of piperidine rings is 1. The number of hydrogen-bond donors (Lipinski definition) is 0. The topological polar surface area (TPSA) is 54.8 Å². The Balaban J connectivity index is 1.51. The first-order chi connectivity index (χ1) is 15.4. The number of benzene rings is 1. The molecule has 1 amide bonds. The number of aromatic nitrogens is 1. The van der Waals surface area contributed by atoms with Crippen molar-refractivity contribution in [2.75, 3.05) is 40.4 Å². The summed E-state index contributed by atoms with van der Waals surface area (Å²) in [6.45, 7) is 4.61. The Hall–Kier alpha value is -2.95. The van der Waals surface area contributed by atoms with E-state index >= 15 is 0 Å². The van der Waals surface area contributed by atoms with E-state index < -0.39 is 5.82 Å². The second-order valence-corrected chi connectivity index (χ2v) is 8.49. The molecule has 2 aliphatic heterocycles. The normalized spacial score (nSPS) is 17.6. The van der Waals surface area contributed by atoms with E-state index in [-0.39, 0.29) is 29.4 Å². The number of hydrogen-bond acceptors (Lipinski definition) is 4. The number of amides is 1. The van der Waals surface area contributed by atoms with Gasteiger partial charge < -0.3 is 14.2 Å². The van der Waals surface area contributed by atoms with Crippen LogP contribution in [0.4, 0.5) is 4.39 Å². The lowest BCUT2D eigenvalue weighted by molar-refractivity contribution is 0.0128. The fourth-order valence-electron chi connectivity index (χ4n) is 4.93. The SMILES string of the molecule is COCC#Cc1ccc(C(=O)N2CCC3(CC2)c2ccc(C(C)=O)n2CCN3C)cc1F. The zero-order chi connectivity index (χ0) is 22.9. The van der Waals surface area contributed by atoms with Gasteiger partial charge in [0.15, 0.2) is 5.78 Å². The minimum Gasteiger partial charge on any atom is -0.372 e. The Labute approximate surface area is 187 Å². The highest BCUT2D eigenvalue weighted by atomic mass is 19.1. The van der Waals surface area contributed by atoms with Crippen molar-refractivity contribution < 1.29 is 18.7 Å². The molecule has 168 valence electrons. The van der Waals surface area contributed by atoms with E-state index in [1.54, 1.807) is 24.0 Å². The molecule has 0 atom stereocenters. The molecular formula is C25H28FN3O3. The standard InChI is InChI=1S/C25H28FN3O3/c1-18(30)22-8-9-23-25(27(2)14-15-29(22)23)10-12-28(13-11-25)24(31)20-7-6-19(21(26)17-20)5-4-16-32-3/h6-9,17H,10-16H2,1-3H3. The number of nitrogens with zero attached hydrogens (tertiary/aromatic N) is 3. The molecule has 0 aliphatic carbocycles. The molecule has 7 heteroatoms. The smallest absolute Gasteiger partial charge is 0.253 e. The first kappa shape index (κ1) is 22.3. The van der Waals surface area contributed by atoms with Gasteiger partial charge in [-0.15, -0.1) is 0 Å². The number of carbonyl (C=O) groups excluding carboxylic acids is 2. The van der Waals surface area contributed by atoms with Crippen molar-refractivity contribution in [1.82, 2.24) is 14.4 Å². The highest BCUT2D eigenvalue weighted by molar-refractivity contribution is 5.94. The van der Waals surface area contributed by atoms with Crippen molar-refractivity contribution >= 4 is 11.7 Å². The van der Waals surface area contributed by atoms with Gasteiger partial charge in [0.05, 0.1) is 16.8 Å². The molecule has 3 heterocycles. The molecule has 32 heavy (non-hydrogen) atoms. The summed E-state index contributed by atoms with van der Waals surface area (Å²) in [5, 5.41) is 0. The summed E-state index contributed by atoms with van der Waals surface area (Å²) >= 11 is 0. The van der Waals surface area contributed by atoms with E-state index in [4.69, 9.17) is 4.74 Å². The predicted molar refractivity (Wildman–Crippen MR) is 119 cm³/mol. The number of likely N-dealkylation sites (N-methyl/N-ethyl adjacent to an activating group) is 1. The number of methoxy groups -OCH3 is 1. The summed E-state index contributed by atoms with van der Waals surface area (Å²) < 4.78 is 21.4. The zero-order valence-corrected chi connectivity index (χ0v) is 18.8. The summed E-state index contributed by atoms with van der Waals surface area (Å²) in [5.41, 5.74) is 2.27. The maximum absolute atomic E-state index is 14.4. The van der Waals surface area contributed by atoms with Crippen LogP contribution in [-0.2, 0) is 16.8 Å². The maximum Gasteiger partial charge on any atom is 0.253 e. The lowest BCUT2D eigenvalue weighted by Crippen LogP contribution is -2.56. The number of rotatable bonds is 3. The minimum atomic E-state index is -0.505. The van der Waals surface area contributed by atoms with E-state index in [0.29, 0.717) is 18.7 Å². The van der Waals surface area contributed by atoms with Gasteiger partial charge in [-0.25, -0.2) is 4.39 Å². The molecule has 1 spiro atoms. The van der Waals surface area contributed by atoms with Crippen LogP contribution in [0.1, 0.15) is 51.9 Å². The Bertz CT molecular complexity index is 1100. The second kappa shape index (κ2) is 8.89.